The maximum Gasteiger partial charge on any atom is 0.227 e. The highest BCUT2D eigenvalue weighted by molar-refractivity contribution is 7.92. The average Bonchev–Trinajstić information content (AvgIpc) is 3.08. The van der Waals surface area contributed by atoms with Gasteiger partial charge < -0.3 is 9.32 Å². The van der Waals surface area contributed by atoms with Crippen molar-refractivity contribution in [1.82, 2.24) is 4.90 Å². The van der Waals surface area contributed by atoms with E-state index in [4.69, 9.17) is 4.42 Å². The van der Waals surface area contributed by atoms with Crippen molar-refractivity contribution in [2.24, 2.45) is 0 Å². The lowest BCUT2D eigenvalue weighted by atomic mass is 10.1. The Labute approximate surface area is 143 Å². The molecule has 1 amide bonds. The molecular formula is C18H23NO4S. The number of amides is 1. The van der Waals surface area contributed by atoms with Crippen LogP contribution in [0.15, 0.2) is 52.0 Å². The first-order chi connectivity index (χ1) is 11.2. The molecule has 1 heterocycles. The van der Waals surface area contributed by atoms with Crippen LogP contribution in [0, 0.1) is 0 Å². The summed E-state index contributed by atoms with van der Waals surface area (Å²) in [5.41, 5.74) is 0.779. The Hall–Kier alpha value is -2.08. The van der Waals surface area contributed by atoms with Crippen molar-refractivity contribution in [3.8, 4) is 0 Å². The van der Waals surface area contributed by atoms with Crippen molar-refractivity contribution in [3.05, 3.63) is 54.0 Å². The number of benzene rings is 1. The summed E-state index contributed by atoms with van der Waals surface area (Å²) in [5.74, 6) is 0.669. The second-order valence-corrected chi connectivity index (χ2v) is 8.61. The molecule has 0 aliphatic carbocycles. The van der Waals surface area contributed by atoms with Gasteiger partial charge >= 0.3 is 0 Å². The van der Waals surface area contributed by atoms with Gasteiger partial charge in [-0.1, -0.05) is 12.1 Å². The maximum atomic E-state index is 12.4. The molecule has 24 heavy (non-hydrogen) atoms. The number of sulfone groups is 1. The van der Waals surface area contributed by atoms with Crippen molar-refractivity contribution in [3.63, 3.8) is 0 Å². The molecule has 0 aliphatic rings. The number of furan rings is 1. The van der Waals surface area contributed by atoms with Crippen LogP contribution in [0.1, 0.15) is 38.1 Å². The van der Waals surface area contributed by atoms with E-state index in [1.807, 2.05) is 13.0 Å². The minimum absolute atomic E-state index is 0.0571. The van der Waals surface area contributed by atoms with Gasteiger partial charge in [-0.25, -0.2) is 8.42 Å². The molecular weight excluding hydrogens is 326 g/mol. The van der Waals surface area contributed by atoms with E-state index in [1.54, 1.807) is 62.4 Å². The highest BCUT2D eigenvalue weighted by Gasteiger charge is 2.21. The van der Waals surface area contributed by atoms with E-state index in [9.17, 15) is 13.2 Å². The Kier molecular flexibility index (Phi) is 5.49. The zero-order valence-electron chi connectivity index (χ0n) is 14.4. The van der Waals surface area contributed by atoms with E-state index >= 15 is 0 Å². The monoisotopic (exact) mass is 349 g/mol. The summed E-state index contributed by atoms with van der Waals surface area (Å²) in [6.07, 6.45) is 1.79. The molecule has 130 valence electrons. The third-order valence-electron chi connectivity index (χ3n) is 4.16. The molecule has 1 atom stereocenters. The second-order valence-electron chi connectivity index (χ2n) is 6.11. The molecule has 0 bridgehead atoms. The predicted octanol–water partition coefficient (Wildman–Crippen LogP) is 3.22. The molecule has 5 nitrogen and oxygen atoms in total. The smallest absolute Gasteiger partial charge is 0.227 e. The minimum atomic E-state index is -3.29. The van der Waals surface area contributed by atoms with Gasteiger partial charge in [0.05, 0.1) is 28.9 Å². The van der Waals surface area contributed by atoms with Crippen LogP contribution in [0.2, 0.25) is 0 Å². The van der Waals surface area contributed by atoms with Gasteiger partial charge in [0.25, 0.3) is 0 Å². The fourth-order valence-electron chi connectivity index (χ4n) is 2.30. The lowest BCUT2D eigenvalue weighted by Crippen LogP contribution is -2.30. The van der Waals surface area contributed by atoms with E-state index in [1.165, 1.54) is 0 Å². The minimum Gasteiger partial charge on any atom is -0.467 e. The van der Waals surface area contributed by atoms with Crippen LogP contribution in [0.3, 0.4) is 0 Å². The molecule has 2 aromatic rings. The fraction of sp³-hybridized carbons (Fsp3) is 0.389. The standard InChI is InChI=1S/C18H23NO4S/c1-13(2)24(21,22)16-9-7-15(8-10-16)12-18(20)19(4)14(3)17-6-5-11-23-17/h5-11,13-14H,12H2,1-4H3/t14-/m1/s1. The number of likely N-dealkylation sites (N-methyl/N-ethyl adjacent to an activating group) is 1. The highest BCUT2D eigenvalue weighted by atomic mass is 32.2. The SMILES string of the molecule is CC(C)S(=O)(=O)c1ccc(CC(=O)N(C)[C@H](C)c2ccco2)cc1. The average molecular weight is 349 g/mol. The Balaban J connectivity index is 2.07. The molecule has 0 saturated carbocycles. The van der Waals surface area contributed by atoms with E-state index in [0.29, 0.717) is 0 Å². The van der Waals surface area contributed by atoms with E-state index in [2.05, 4.69) is 0 Å². The molecule has 1 aromatic heterocycles. The Bertz CT molecular complexity index is 777. The van der Waals surface area contributed by atoms with Gasteiger partial charge in [-0.15, -0.1) is 0 Å². The second kappa shape index (κ2) is 7.21. The van der Waals surface area contributed by atoms with Crippen molar-refractivity contribution < 1.29 is 17.6 Å². The Morgan fingerprint density at radius 3 is 2.25 bits per heavy atom. The van der Waals surface area contributed by atoms with Gasteiger partial charge in [-0.05, 0) is 50.6 Å². The quantitative estimate of drug-likeness (QED) is 0.803. The number of hydrogen-bond acceptors (Lipinski definition) is 4. The molecule has 0 N–H and O–H groups in total. The number of carbonyl (C=O) groups excluding carboxylic acids is 1. The van der Waals surface area contributed by atoms with Crippen molar-refractivity contribution in [1.29, 1.82) is 0 Å². The van der Waals surface area contributed by atoms with Crippen molar-refractivity contribution >= 4 is 15.7 Å². The molecule has 0 spiro atoms. The van der Waals surface area contributed by atoms with Crippen LogP contribution in [0.5, 0.6) is 0 Å². The van der Waals surface area contributed by atoms with Gasteiger partial charge in [-0.3, -0.25) is 4.79 Å². The number of hydrogen-bond donors (Lipinski definition) is 0. The molecule has 2 rings (SSSR count). The van der Waals surface area contributed by atoms with Crippen LogP contribution >= 0.6 is 0 Å². The fourth-order valence-corrected chi connectivity index (χ4v) is 3.36. The normalized spacial score (nSPS) is 13.0. The van der Waals surface area contributed by atoms with Gasteiger partial charge in [0.2, 0.25) is 5.91 Å². The first kappa shape index (κ1) is 18.3. The van der Waals surface area contributed by atoms with Crippen LogP contribution < -0.4 is 0 Å². The summed E-state index contributed by atoms with van der Waals surface area (Å²) >= 11 is 0. The third kappa shape index (κ3) is 3.87. The number of carbonyl (C=O) groups is 1. The molecule has 0 aliphatic heterocycles. The van der Waals surface area contributed by atoms with E-state index in [-0.39, 0.29) is 23.3 Å². The van der Waals surface area contributed by atoms with Crippen molar-refractivity contribution in [2.45, 2.75) is 43.4 Å². The van der Waals surface area contributed by atoms with Gasteiger partial charge in [0, 0.05) is 7.05 Å². The van der Waals surface area contributed by atoms with Crippen molar-refractivity contribution in [2.75, 3.05) is 7.05 Å². The zero-order valence-corrected chi connectivity index (χ0v) is 15.2. The predicted molar refractivity (Wildman–Crippen MR) is 92.4 cm³/mol. The summed E-state index contributed by atoms with van der Waals surface area (Å²) < 4.78 is 29.5. The zero-order chi connectivity index (χ0) is 17.9. The first-order valence-corrected chi connectivity index (χ1v) is 9.40. The topological polar surface area (TPSA) is 67.6 Å². The van der Waals surface area contributed by atoms with E-state index in [0.717, 1.165) is 11.3 Å². The summed E-state index contributed by atoms with van der Waals surface area (Å²) in [4.78, 5) is 14.3. The Morgan fingerprint density at radius 2 is 1.75 bits per heavy atom. The van der Waals surface area contributed by atoms with Crippen LogP contribution in [-0.2, 0) is 21.1 Å². The lowest BCUT2D eigenvalue weighted by molar-refractivity contribution is -0.131. The highest BCUT2D eigenvalue weighted by Crippen LogP contribution is 2.21. The lowest BCUT2D eigenvalue weighted by Gasteiger charge is -2.23. The summed E-state index contributed by atoms with van der Waals surface area (Å²) in [7, 11) is -1.56. The Morgan fingerprint density at radius 1 is 1.12 bits per heavy atom. The molecule has 0 unspecified atom stereocenters. The maximum absolute atomic E-state index is 12.4. The van der Waals surface area contributed by atoms with Crippen LogP contribution in [0.25, 0.3) is 0 Å². The summed E-state index contributed by atoms with van der Waals surface area (Å²) in [6, 6.07) is 9.98. The largest absolute Gasteiger partial charge is 0.467 e. The van der Waals surface area contributed by atoms with Gasteiger partial charge in [0.1, 0.15) is 5.76 Å². The van der Waals surface area contributed by atoms with Gasteiger partial charge in [-0.2, -0.15) is 0 Å². The molecule has 0 fully saturated rings. The van der Waals surface area contributed by atoms with Gasteiger partial charge in [0.15, 0.2) is 9.84 Å². The van der Waals surface area contributed by atoms with Crippen LogP contribution in [0.4, 0.5) is 0 Å². The molecule has 0 saturated heterocycles. The molecule has 0 radical (unpaired) electrons. The molecule has 1 aromatic carbocycles. The van der Waals surface area contributed by atoms with E-state index < -0.39 is 15.1 Å². The third-order valence-corrected chi connectivity index (χ3v) is 6.33. The van der Waals surface area contributed by atoms with Crippen LogP contribution in [-0.4, -0.2) is 31.5 Å². The first-order valence-electron chi connectivity index (χ1n) is 7.85. The molecule has 6 heteroatoms. The number of rotatable bonds is 6. The number of nitrogens with zero attached hydrogens (tertiary/aromatic N) is 1. The summed E-state index contributed by atoms with van der Waals surface area (Å²) in [5, 5.41) is -0.467. The summed E-state index contributed by atoms with van der Waals surface area (Å²) in [6.45, 7) is 5.20.